The minimum Gasteiger partial charge on any atom is -0.403 e. The van der Waals surface area contributed by atoms with Gasteiger partial charge in [-0.2, -0.15) is 0 Å². The van der Waals surface area contributed by atoms with Gasteiger partial charge in [-0.25, -0.2) is 11.7 Å². The molecule has 0 spiro atoms. The molecule has 0 aromatic heterocycles. The van der Waals surface area contributed by atoms with Crippen molar-refractivity contribution in [1.82, 2.24) is 26.0 Å². The van der Waals surface area contributed by atoms with E-state index < -0.39 is 6.04 Å². The number of hydrazine groups is 2. The highest BCUT2D eigenvalue weighted by atomic mass is 16.2. The van der Waals surface area contributed by atoms with Crippen LogP contribution in [0.25, 0.3) is 0 Å². The lowest BCUT2D eigenvalue weighted by Gasteiger charge is -2.20. The first kappa shape index (κ1) is 29.0. The summed E-state index contributed by atoms with van der Waals surface area (Å²) in [6, 6.07) is -0.820. The fourth-order valence-electron chi connectivity index (χ4n) is 2.61. The predicted molar refractivity (Wildman–Crippen MR) is 124 cm³/mol. The Morgan fingerprint density at radius 2 is 1.59 bits per heavy atom. The molecule has 0 radical (unpaired) electrons. The van der Waals surface area contributed by atoms with Gasteiger partial charge in [0.15, 0.2) is 0 Å². The molecule has 184 valence electrons. The molecule has 0 saturated heterocycles. The third-order valence-electron chi connectivity index (χ3n) is 4.65. The van der Waals surface area contributed by atoms with Crippen LogP contribution >= 0.6 is 0 Å². The molecule has 0 aliphatic carbocycles. The highest BCUT2D eigenvalue weighted by molar-refractivity contribution is 5.88. The Bertz CT molecular complexity index is 652. The molecule has 0 aliphatic rings. The van der Waals surface area contributed by atoms with E-state index >= 15 is 0 Å². The van der Waals surface area contributed by atoms with E-state index in [9.17, 15) is 14.4 Å². The Morgan fingerprint density at radius 1 is 0.938 bits per heavy atom. The summed E-state index contributed by atoms with van der Waals surface area (Å²) in [5.74, 6) is 10.6. The molecule has 3 amide bonds. The zero-order chi connectivity index (χ0) is 24.5. The largest absolute Gasteiger partial charge is 0.403 e. The monoisotopic (exact) mass is 455 g/mol. The Labute approximate surface area is 190 Å². The van der Waals surface area contributed by atoms with Crippen LogP contribution in [0.2, 0.25) is 0 Å². The summed E-state index contributed by atoms with van der Waals surface area (Å²) in [5.41, 5.74) is 12.6. The molecule has 0 bridgehead atoms. The van der Waals surface area contributed by atoms with Gasteiger partial charge < -0.3 is 37.4 Å². The Hall–Kier alpha value is -2.99. The molecular weight excluding hydrogens is 414 g/mol. The van der Waals surface area contributed by atoms with Crippen molar-refractivity contribution in [2.75, 3.05) is 26.2 Å². The molecular formula is C20H41N9O3. The maximum Gasteiger partial charge on any atom is 0.242 e. The van der Waals surface area contributed by atoms with Gasteiger partial charge in [-0.3, -0.25) is 14.4 Å². The molecule has 0 heterocycles. The van der Waals surface area contributed by atoms with Crippen LogP contribution in [0.4, 0.5) is 0 Å². The first-order chi connectivity index (χ1) is 15.2. The summed E-state index contributed by atoms with van der Waals surface area (Å²) >= 11 is 0. The van der Waals surface area contributed by atoms with Gasteiger partial charge in [-0.15, -0.1) is 0 Å². The van der Waals surface area contributed by atoms with Crippen LogP contribution in [0.3, 0.4) is 0 Å². The van der Waals surface area contributed by atoms with Gasteiger partial charge >= 0.3 is 0 Å². The molecule has 12 heteroatoms. The smallest absolute Gasteiger partial charge is 0.242 e. The summed E-state index contributed by atoms with van der Waals surface area (Å²) in [6.45, 7) is 7.30. The standard InChI is InChI=1S/C20H41N9O3/c1-4-18(30)27-17(20(32)26-11-9-15(22)14-28(23)5-2)7-8-19(31)25-12-10-16(13-21)29(24)6-3/h13-14,17H,4-12,21-24H2,1-3H3,(H,25,31)(H,26,32)(H,27,30)/b15-14-,16-13-. The fourth-order valence-corrected chi connectivity index (χ4v) is 2.61. The lowest BCUT2D eigenvalue weighted by molar-refractivity contribution is -0.129. The third kappa shape index (κ3) is 12.6. The molecule has 0 aromatic carbocycles. The van der Waals surface area contributed by atoms with E-state index in [-0.39, 0.29) is 43.5 Å². The number of amides is 3. The van der Waals surface area contributed by atoms with Gasteiger partial charge in [0.25, 0.3) is 0 Å². The molecule has 1 unspecified atom stereocenters. The number of carbonyl (C=O) groups is 3. The van der Waals surface area contributed by atoms with Gasteiger partial charge in [0.2, 0.25) is 17.7 Å². The van der Waals surface area contributed by atoms with Crippen LogP contribution < -0.4 is 39.1 Å². The van der Waals surface area contributed by atoms with Crippen molar-refractivity contribution >= 4 is 17.7 Å². The fraction of sp³-hybridized carbons (Fsp3) is 0.650. The Kier molecular flexibility index (Phi) is 15.1. The summed E-state index contributed by atoms with van der Waals surface area (Å²) in [5, 5.41) is 11.1. The number of carbonyl (C=O) groups excluding carboxylic acids is 3. The second-order valence-corrected chi connectivity index (χ2v) is 7.13. The SMILES string of the molecule is CCC(=O)NC(CCC(=O)NCC/C(=C/N)N(N)CC)C(=O)NCC/C(N)=C/N(N)CC. The van der Waals surface area contributed by atoms with Gasteiger partial charge in [-0.05, 0) is 20.3 Å². The van der Waals surface area contributed by atoms with Crippen LogP contribution in [0.5, 0.6) is 0 Å². The van der Waals surface area contributed by atoms with Gasteiger partial charge in [0, 0.05) is 75.7 Å². The average Bonchev–Trinajstić information content (AvgIpc) is 2.78. The molecule has 0 saturated carbocycles. The predicted octanol–water partition coefficient (Wildman–Crippen LogP) is -1.33. The second-order valence-electron chi connectivity index (χ2n) is 7.13. The summed E-state index contributed by atoms with van der Waals surface area (Å²) in [4.78, 5) is 36.5. The molecule has 32 heavy (non-hydrogen) atoms. The number of hydrogen-bond donors (Lipinski definition) is 7. The number of nitrogens with one attached hydrogen (secondary N) is 3. The van der Waals surface area contributed by atoms with Crippen molar-refractivity contribution in [1.29, 1.82) is 0 Å². The first-order valence-corrected chi connectivity index (χ1v) is 10.9. The molecule has 0 aliphatic heterocycles. The van der Waals surface area contributed by atoms with Crippen molar-refractivity contribution in [3.63, 3.8) is 0 Å². The Morgan fingerprint density at radius 3 is 2.16 bits per heavy atom. The second kappa shape index (κ2) is 16.7. The minimum atomic E-state index is -0.820. The van der Waals surface area contributed by atoms with Gasteiger partial charge in [-0.1, -0.05) is 6.92 Å². The average molecular weight is 456 g/mol. The van der Waals surface area contributed by atoms with E-state index in [4.69, 9.17) is 23.2 Å². The maximum absolute atomic E-state index is 12.5. The number of hydrogen-bond acceptors (Lipinski definition) is 9. The first-order valence-electron chi connectivity index (χ1n) is 10.9. The minimum absolute atomic E-state index is 0.0740. The Balaban J connectivity index is 4.63. The van der Waals surface area contributed by atoms with Crippen LogP contribution in [-0.2, 0) is 14.4 Å². The molecule has 0 rings (SSSR count). The maximum atomic E-state index is 12.5. The summed E-state index contributed by atoms with van der Waals surface area (Å²) in [6.07, 6.45) is 4.37. The summed E-state index contributed by atoms with van der Waals surface area (Å²) < 4.78 is 0. The zero-order valence-corrected chi connectivity index (χ0v) is 19.5. The van der Waals surface area contributed by atoms with E-state index in [2.05, 4.69) is 16.0 Å². The van der Waals surface area contributed by atoms with E-state index in [1.165, 1.54) is 16.2 Å². The summed E-state index contributed by atoms with van der Waals surface area (Å²) in [7, 11) is 0. The van der Waals surface area contributed by atoms with Crippen LogP contribution in [0.1, 0.15) is 52.9 Å². The number of nitrogens with two attached hydrogens (primary N) is 4. The van der Waals surface area contributed by atoms with Crippen LogP contribution in [0.15, 0.2) is 23.8 Å². The topological polar surface area (TPSA) is 198 Å². The van der Waals surface area contributed by atoms with E-state index in [0.29, 0.717) is 43.9 Å². The molecule has 0 aromatic rings. The van der Waals surface area contributed by atoms with Crippen LogP contribution in [0, 0.1) is 0 Å². The number of rotatable bonds is 16. The van der Waals surface area contributed by atoms with E-state index in [0.717, 1.165) is 0 Å². The lowest BCUT2D eigenvalue weighted by Crippen LogP contribution is -2.47. The highest BCUT2D eigenvalue weighted by Crippen LogP contribution is 2.03. The van der Waals surface area contributed by atoms with Crippen molar-refractivity contribution < 1.29 is 14.4 Å². The zero-order valence-electron chi connectivity index (χ0n) is 19.5. The van der Waals surface area contributed by atoms with Gasteiger partial charge in [0.1, 0.15) is 6.04 Å². The van der Waals surface area contributed by atoms with Crippen LogP contribution in [-0.4, -0.2) is 60.0 Å². The normalized spacial score (nSPS) is 12.7. The van der Waals surface area contributed by atoms with Crippen molar-refractivity contribution in [2.24, 2.45) is 23.2 Å². The van der Waals surface area contributed by atoms with Crippen molar-refractivity contribution in [3.8, 4) is 0 Å². The quantitative estimate of drug-likeness (QED) is 0.109. The molecule has 1 atom stereocenters. The van der Waals surface area contributed by atoms with Crippen molar-refractivity contribution in [2.45, 2.75) is 58.9 Å². The third-order valence-corrected chi connectivity index (χ3v) is 4.65. The van der Waals surface area contributed by atoms with E-state index in [1.807, 2.05) is 13.8 Å². The van der Waals surface area contributed by atoms with Crippen molar-refractivity contribution in [3.05, 3.63) is 23.8 Å². The number of nitrogens with zero attached hydrogens (tertiary/aromatic N) is 2. The molecule has 11 N–H and O–H groups in total. The van der Waals surface area contributed by atoms with E-state index in [1.54, 1.807) is 13.1 Å². The molecule has 12 nitrogen and oxygen atoms in total. The lowest BCUT2D eigenvalue weighted by atomic mass is 10.1. The van der Waals surface area contributed by atoms with Gasteiger partial charge in [0.05, 0.1) is 0 Å². The molecule has 0 fully saturated rings. The highest BCUT2D eigenvalue weighted by Gasteiger charge is 2.21.